The Morgan fingerprint density at radius 3 is 2.22 bits per heavy atom. The zero-order chi connectivity index (χ0) is 16.2. The van der Waals surface area contributed by atoms with Crippen molar-refractivity contribution in [3.63, 3.8) is 0 Å². The fourth-order valence-electron chi connectivity index (χ4n) is 2.58. The van der Waals surface area contributed by atoms with Gasteiger partial charge in [-0.2, -0.15) is 9.89 Å². The summed E-state index contributed by atoms with van der Waals surface area (Å²) in [6, 6.07) is 10.3. The molecule has 0 saturated carbocycles. The molecule has 2 aromatic heterocycles. The first-order valence-electron chi connectivity index (χ1n) is 7.74. The lowest BCUT2D eigenvalue weighted by Crippen LogP contribution is -2.34. The van der Waals surface area contributed by atoms with Crippen LogP contribution in [0.4, 0.5) is 4.39 Å². The maximum absolute atomic E-state index is 13.2. The molecule has 23 heavy (non-hydrogen) atoms. The predicted octanol–water partition coefficient (Wildman–Crippen LogP) is 3.73. The number of aromatic nitrogens is 3. The van der Waals surface area contributed by atoms with E-state index in [4.69, 9.17) is 5.10 Å². The van der Waals surface area contributed by atoms with E-state index < -0.39 is 0 Å². The van der Waals surface area contributed by atoms with E-state index in [2.05, 4.69) is 23.8 Å². The molecule has 0 aliphatic heterocycles. The molecule has 1 aromatic carbocycles. The molecular formula is C18H19FN4. The first kappa shape index (κ1) is 15.2. The van der Waals surface area contributed by atoms with Gasteiger partial charge in [-0.05, 0) is 55.8 Å². The van der Waals surface area contributed by atoms with Crippen molar-refractivity contribution in [2.75, 3.05) is 18.1 Å². The van der Waals surface area contributed by atoms with Crippen LogP contribution in [0.2, 0.25) is 0 Å². The molecule has 0 N–H and O–H groups in total. The maximum atomic E-state index is 13.2. The van der Waals surface area contributed by atoms with Crippen molar-refractivity contribution in [3.8, 4) is 22.4 Å². The molecule has 0 amide bonds. The number of pyridine rings is 1. The van der Waals surface area contributed by atoms with Gasteiger partial charge in [-0.1, -0.05) is 0 Å². The molecule has 5 heteroatoms. The Kier molecular flexibility index (Phi) is 4.37. The van der Waals surface area contributed by atoms with Crippen LogP contribution in [-0.4, -0.2) is 28.0 Å². The highest BCUT2D eigenvalue weighted by atomic mass is 19.1. The smallest absolute Gasteiger partial charge is 0.123 e. The highest BCUT2D eigenvalue weighted by Crippen LogP contribution is 2.30. The summed E-state index contributed by atoms with van der Waals surface area (Å²) in [5, 5.41) is 6.85. The molecule has 0 saturated heterocycles. The molecule has 118 valence electrons. The summed E-state index contributed by atoms with van der Waals surface area (Å²) in [6.45, 7) is 5.90. The Morgan fingerprint density at radius 1 is 0.957 bits per heavy atom. The van der Waals surface area contributed by atoms with E-state index in [1.807, 2.05) is 23.1 Å². The highest BCUT2D eigenvalue weighted by Gasteiger charge is 2.15. The maximum Gasteiger partial charge on any atom is 0.123 e. The van der Waals surface area contributed by atoms with Gasteiger partial charge in [0.15, 0.2) is 0 Å². The van der Waals surface area contributed by atoms with Crippen LogP contribution in [0.5, 0.6) is 0 Å². The lowest BCUT2D eigenvalue weighted by molar-refractivity contribution is 0.558. The third-order valence-corrected chi connectivity index (χ3v) is 3.83. The Hall–Kier alpha value is -2.69. The molecule has 0 spiro atoms. The lowest BCUT2D eigenvalue weighted by Gasteiger charge is -2.20. The summed E-state index contributed by atoms with van der Waals surface area (Å²) in [5.41, 5.74) is 3.77. The van der Waals surface area contributed by atoms with Gasteiger partial charge < -0.3 is 0 Å². The Balaban J connectivity index is 2.14. The third-order valence-electron chi connectivity index (χ3n) is 3.83. The zero-order valence-electron chi connectivity index (χ0n) is 13.3. The first-order valence-corrected chi connectivity index (χ1v) is 7.74. The van der Waals surface area contributed by atoms with Crippen molar-refractivity contribution in [2.45, 2.75) is 13.8 Å². The monoisotopic (exact) mass is 310 g/mol. The van der Waals surface area contributed by atoms with Gasteiger partial charge in [-0.3, -0.25) is 9.99 Å². The van der Waals surface area contributed by atoms with E-state index in [-0.39, 0.29) is 5.82 Å². The minimum absolute atomic E-state index is 0.248. The minimum atomic E-state index is -0.248. The van der Waals surface area contributed by atoms with Crippen LogP contribution in [-0.2, 0) is 0 Å². The Labute approximate surface area is 135 Å². The number of nitrogens with zero attached hydrogens (tertiary/aromatic N) is 4. The van der Waals surface area contributed by atoms with Crippen molar-refractivity contribution >= 4 is 0 Å². The van der Waals surface area contributed by atoms with E-state index in [1.54, 1.807) is 24.5 Å². The van der Waals surface area contributed by atoms with Crippen molar-refractivity contribution in [1.29, 1.82) is 0 Å². The molecule has 0 atom stereocenters. The summed E-state index contributed by atoms with van der Waals surface area (Å²) in [5.74, 6) is -0.248. The molecule has 0 aliphatic rings. The summed E-state index contributed by atoms with van der Waals surface area (Å²) >= 11 is 0. The SMILES string of the molecule is CCN(CC)n1cc(-c2ccncc2)c(-c2ccc(F)cc2)n1. The number of benzene rings is 1. The highest BCUT2D eigenvalue weighted by molar-refractivity contribution is 5.80. The number of hydrogen-bond acceptors (Lipinski definition) is 3. The lowest BCUT2D eigenvalue weighted by atomic mass is 10.0. The third kappa shape index (κ3) is 3.08. The van der Waals surface area contributed by atoms with Crippen LogP contribution in [0.3, 0.4) is 0 Å². The fourth-order valence-corrected chi connectivity index (χ4v) is 2.58. The van der Waals surface area contributed by atoms with Crippen LogP contribution in [0.1, 0.15) is 13.8 Å². The van der Waals surface area contributed by atoms with Crippen molar-refractivity contribution in [2.24, 2.45) is 0 Å². The normalized spacial score (nSPS) is 10.7. The number of hydrogen-bond donors (Lipinski definition) is 0. The fraction of sp³-hybridized carbons (Fsp3) is 0.222. The second kappa shape index (κ2) is 6.60. The summed E-state index contributed by atoms with van der Waals surface area (Å²) in [7, 11) is 0. The number of halogens is 1. The average molecular weight is 310 g/mol. The molecule has 0 unspecified atom stereocenters. The van der Waals surface area contributed by atoms with Gasteiger partial charge in [0, 0.05) is 36.6 Å². The van der Waals surface area contributed by atoms with Crippen LogP contribution in [0, 0.1) is 5.82 Å². The molecule has 2 heterocycles. The molecule has 0 bridgehead atoms. The van der Waals surface area contributed by atoms with Gasteiger partial charge in [0.2, 0.25) is 0 Å². The minimum Gasteiger partial charge on any atom is -0.298 e. The van der Waals surface area contributed by atoms with E-state index >= 15 is 0 Å². The summed E-state index contributed by atoms with van der Waals surface area (Å²) in [4.78, 5) is 5.94. The van der Waals surface area contributed by atoms with Crippen LogP contribution < -0.4 is 5.01 Å². The number of rotatable bonds is 5. The molecule has 0 fully saturated rings. The molecule has 3 aromatic rings. The first-order chi connectivity index (χ1) is 11.2. The van der Waals surface area contributed by atoms with Crippen LogP contribution in [0.25, 0.3) is 22.4 Å². The average Bonchev–Trinajstić information content (AvgIpc) is 3.02. The standard InChI is InChI=1S/C18H19FN4/c1-3-22(4-2)23-13-17(14-9-11-20-12-10-14)18(21-23)15-5-7-16(19)8-6-15/h5-13H,3-4H2,1-2H3. The molecule has 4 nitrogen and oxygen atoms in total. The van der Waals surface area contributed by atoms with Crippen molar-refractivity contribution < 1.29 is 4.39 Å². The predicted molar refractivity (Wildman–Crippen MR) is 90.2 cm³/mol. The largest absolute Gasteiger partial charge is 0.298 e. The summed E-state index contributed by atoms with van der Waals surface area (Å²) in [6.07, 6.45) is 5.54. The molecule has 3 rings (SSSR count). The van der Waals surface area contributed by atoms with Gasteiger partial charge in [0.05, 0.1) is 6.20 Å². The van der Waals surface area contributed by atoms with Crippen LogP contribution in [0.15, 0.2) is 55.0 Å². The van der Waals surface area contributed by atoms with E-state index in [9.17, 15) is 4.39 Å². The second-order valence-corrected chi connectivity index (χ2v) is 5.19. The van der Waals surface area contributed by atoms with E-state index in [1.165, 1.54) is 12.1 Å². The quantitative estimate of drug-likeness (QED) is 0.720. The van der Waals surface area contributed by atoms with E-state index in [0.717, 1.165) is 35.5 Å². The topological polar surface area (TPSA) is 34.0 Å². The van der Waals surface area contributed by atoms with Gasteiger partial charge in [0.25, 0.3) is 0 Å². The van der Waals surface area contributed by atoms with Crippen molar-refractivity contribution in [1.82, 2.24) is 14.9 Å². The summed E-state index contributed by atoms with van der Waals surface area (Å²) < 4.78 is 13.2. The van der Waals surface area contributed by atoms with Gasteiger partial charge >= 0.3 is 0 Å². The van der Waals surface area contributed by atoms with Crippen molar-refractivity contribution in [3.05, 3.63) is 60.8 Å². The Morgan fingerprint density at radius 2 is 1.61 bits per heavy atom. The molecule has 0 radical (unpaired) electrons. The second-order valence-electron chi connectivity index (χ2n) is 5.19. The zero-order valence-corrected chi connectivity index (χ0v) is 13.3. The molecule has 0 aliphatic carbocycles. The Bertz CT molecular complexity index is 761. The van der Waals surface area contributed by atoms with Gasteiger partial charge in [-0.25, -0.2) is 4.39 Å². The van der Waals surface area contributed by atoms with E-state index in [0.29, 0.717) is 0 Å². The van der Waals surface area contributed by atoms with Gasteiger partial charge in [0.1, 0.15) is 11.5 Å². The van der Waals surface area contributed by atoms with Crippen LogP contribution >= 0.6 is 0 Å². The van der Waals surface area contributed by atoms with Gasteiger partial charge in [-0.15, -0.1) is 0 Å². The molecular weight excluding hydrogens is 291 g/mol.